The van der Waals surface area contributed by atoms with Crippen LogP contribution in [0.5, 0.6) is 11.5 Å². The van der Waals surface area contributed by atoms with Crippen LogP contribution in [0.1, 0.15) is 30.0 Å². The minimum Gasteiger partial charge on any atom is -0.493 e. The molecule has 2 aromatic carbocycles. The molecule has 0 saturated heterocycles. The molecule has 0 aromatic heterocycles. The average molecular weight is 448 g/mol. The van der Waals surface area contributed by atoms with E-state index in [-0.39, 0.29) is 17.9 Å². The topological polar surface area (TPSA) is 100 Å². The Kier molecular flexibility index (Phi) is 6.84. The maximum atomic E-state index is 12.6. The molecule has 0 unspecified atom stereocenters. The van der Waals surface area contributed by atoms with Gasteiger partial charge >= 0.3 is 16.1 Å². The van der Waals surface area contributed by atoms with Crippen LogP contribution in [0, 0.1) is 12.8 Å². The molecule has 0 amide bonds. The van der Waals surface area contributed by atoms with Gasteiger partial charge in [0.15, 0.2) is 11.5 Å². The molecule has 0 aliphatic heterocycles. The van der Waals surface area contributed by atoms with E-state index in [9.17, 15) is 13.2 Å². The van der Waals surface area contributed by atoms with E-state index >= 15 is 0 Å². The largest absolute Gasteiger partial charge is 0.493 e. The van der Waals surface area contributed by atoms with E-state index in [4.69, 9.17) is 18.5 Å². The van der Waals surface area contributed by atoms with Crippen LogP contribution in [0.25, 0.3) is 0 Å². The number of esters is 1. The van der Waals surface area contributed by atoms with Gasteiger partial charge in [-0.05, 0) is 44.5 Å². The SMILES string of the molecule is CCOC(=O)[C@H]1C/C(=N/OS(=O)(=O)c2ccc(C)cc2)c2ccc(OC)c(OC)c2C1. The van der Waals surface area contributed by atoms with Crippen molar-refractivity contribution in [3.63, 3.8) is 0 Å². The fraction of sp³-hybridized carbons (Fsp3) is 0.364. The lowest BCUT2D eigenvalue weighted by Crippen LogP contribution is -2.29. The minimum absolute atomic E-state index is 0.00672. The van der Waals surface area contributed by atoms with Crippen molar-refractivity contribution >= 4 is 21.8 Å². The quantitative estimate of drug-likeness (QED) is 0.474. The Labute approximate surface area is 181 Å². The zero-order valence-electron chi connectivity index (χ0n) is 17.9. The second kappa shape index (κ2) is 9.38. The van der Waals surface area contributed by atoms with Gasteiger partial charge in [-0.25, -0.2) is 0 Å². The summed E-state index contributed by atoms with van der Waals surface area (Å²) in [5, 5.41) is 3.94. The summed E-state index contributed by atoms with van der Waals surface area (Å²) in [4.78, 5) is 12.4. The van der Waals surface area contributed by atoms with E-state index in [2.05, 4.69) is 5.16 Å². The third-order valence-electron chi connectivity index (χ3n) is 5.02. The zero-order valence-corrected chi connectivity index (χ0v) is 18.7. The van der Waals surface area contributed by atoms with Crippen LogP contribution in [0.2, 0.25) is 0 Å². The Morgan fingerprint density at radius 2 is 1.77 bits per heavy atom. The molecule has 3 rings (SSSR count). The van der Waals surface area contributed by atoms with Crippen molar-refractivity contribution in [3.8, 4) is 11.5 Å². The smallest absolute Gasteiger partial charge is 0.358 e. The fourth-order valence-corrected chi connectivity index (χ4v) is 4.22. The lowest BCUT2D eigenvalue weighted by Gasteiger charge is -2.26. The summed E-state index contributed by atoms with van der Waals surface area (Å²) in [6.45, 7) is 3.82. The van der Waals surface area contributed by atoms with Crippen LogP contribution in [0.3, 0.4) is 0 Å². The van der Waals surface area contributed by atoms with Crippen molar-refractivity contribution in [2.75, 3.05) is 20.8 Å². The maximum absolute atomic E-state index is 12.6. The second-order valence-corrected chi connectivity index (χ2v) is 8.59. The lowest BCUT2D eigenvalue weighted by atomic mass is 9.82. The zero-order chi connectivity index (χ0) is 22.6. The van der Waals surface area contributed by atoms with Crippen LogP contribution >= 0.6 is 0 Å². The first-order valence-electron chi connectivity index (χ1n) is 9.78. The first kappa shape index (κ1) is 22.6. The number of oxime groups is 1. The Balaban J connectivity index is 2.02. The highest BCUT2D eigenvalue weighted by Gasteiger charge is 2.33. The number of carbonyl (C=O) groups excluding carboxylic acids is 1. The Hall–Kier alpha value is -3.07. The molecule has 9 heteroatoms. The molecule has 166 valence electrons. The van der Waals surface area contributed by atoms with Crippen molar-refractivity contribution in [1.82, 2.24) is 0 Å². The standard InChI is InChI=1S/C22H25NO7S/c1-5-29-22(24)15-12-18-17(10-11-20(27-3)21(18)28-4)19(13-15)23-30-31(25,26)16-8-6-14(2)7-9-16/h6-11,15H,5,12-13H2,1-4H3/b23-19-/t15-/m1/s1. The van der Waals surface area contributed by atoms with Crippen molar-refractivity contribution in [1.29, 1.82) is 0 Å². The molecule has 2 aromatic rings. The van der Waals surface area contributed by atoms with E-state index in [1.54, 1.807) is 31.2 Å². The Bertz CT molecular complexity index is 1090. The molecule has 0 saturated carbocycles. The lowest BCUT2D eigenvalue weighted by molar-refractivity contribution is -0.147. The average Bonchev–Trinajstić information content (AvgIpc) is 2.76. The van der Waals surface area contributed by atoms with Gasteiger partial charge in [0.1, 0.15) is 4.90 Å². The molecule has 31 heavy (non-hydrogen) atoms. The second-order valence-electron chi connectivity index (χ2n) is 7.06. The van der Waals surface area contributed by atoms with Gasteiger partial charge < -0.3 is 14.2 Å². The van der Waals surface area contributed by atoms with E-state index in [0.717, 1.165) is 5.56 Å². The number of ether oxygens (including phenoxy) is 3. The summed E-state index contributed by atoms with van der Waals surface area (Å²) >= 11 is 0. The van der Waals surface area contributed by atoms with Gasteiger partial charge in [-0.1, -0.05) is 22.9 Å². The van der Waals surface area contributed by atoms with Gasteiger partial charge in [-0.15, -0.1) is 0 Å². The summed E-state index contributed by atoms with van der Waals surface area (Å²) in [6, 6.07) is 9.70. The number of benzene rings is 2. The molecule has 0 spiro atoms. The van der Waals surface area contributed by atoms with Gasteiger partial charge in [-0.2, -0.15) is 8.42 Å². The first-order chi connectivity index (χ1) is 14.8. The monoisotopic (exact) mass is 447 g/mol. The van der Waals surface area contributed by atoms with E-state index in [0.29, 0.717) is 34.8 Å². The molecule has 1 atom stereocenters. The third-order valence-corrected chi connectivity index (χ3v) is 6.15. The molecule has 8 nitrogen and oxygen atoms in total. The van der Waals surface area contributed by atoms with E-state index < -0.39 is 22.0 Å². The predicted octanol–water partition coefficient (Wildman–Crippen LogP) is 3.25. The van der Waals surface area contributed by atoms with Gasteiger partial charge in [0.2, 0.25) is 0 Å². The molecule has 0 bridgehead atoms. The van der Waals surface area contributed by atoms with Gasteiger partial charge in [0.25, 0.3) is 0 Å². The normalized spacial score (nSPS) is 17.0. The van der Waals surface area contributed by atoms with Crippen LogP contribution in [-0.4, -0.2) is 40.9 Å². The number of nitrogens with zero attached hydrogens (tertiary/aromatic N) is 1. The molecular weight excluding hydrogens is 422 g/mol. The van der Waals surface area contributed by atoms with E-state index in [1.807, 2.05) is 6.92 Å². The van der Waals surface area contributed by atoms with Crippen molar-refractivity contribution in [3.05, 3.63) is 53.1 Å². The van der Waals surface area contributed by atoms with E-state index in [1.165, 1.54) is 26.4 Å². The molecule has 1 aliphatic rings. The number of aryl methyl sites for hydroxylation is 1. The number of rotatable bonds is 7. The van der Waals surface area contributed by atoms with Gasteiger partial charge in [-0.3, -0.25) is 9.08 Å². The summed E-state index contributed by atoms with van der Waals surface area (Å²) < 4.78 is 46.2. The summed E-state index contributed by atoms with van der Waals surface area (Å²) in [7, 11) is -1.10. The van der Waals surface area contributed by atoms with Crippen molar-refractivity contribution < 1.29 is 31.7 Å². The molecular formula is C22H25NO7S. The molecule has 0 radical (unpaired) electrons. The highest BCUT2D eigenvalue weighted by atomic mass is 32.2. The number of hydrogen-bond acceptors (Lipinski definition) is 8. The van der Waals surface area contributed by atoms with Gasteiger partial charge in [0, 0.05) is 17.5 Å². The van der Waals surface area contributed by atoms with Crippen molar-refractivity contribution in [2.45, 2.75) is 31.6 Å². The van der Waals surface area contributed by atoms with Crippen LogP contribution in [0.4, 0.5) is 0 Å². The van der Waals surface area contributed by atoms with Crippen LogP contribution in [0.15, 0.2) is 46.4 Å². The maximum Gasteiger partial charge on any atom is 0.358 e. The molecule has 0 N–H and O–H groups in total. The highest BCUT2D eigenvalue weighted by Crippen LogP contribution is 2.39. The Morgan fingerprint density at radius 3 is 2.39 bits per heavy atom. The predicted molar refractivity (Wildman–Crippen MR) is 114 cm³/mol. The fourth-order valence-electron chi connectivity index (χ4n) is 3.48. The highest BCUT2D eigenvalue weighted by molar-refractivity contribution is 7.86. The Morgan fingerprint density at radius 1 is 1.06 bits per heavy atom. The minimum atomic E-state index is -4.12. The first-order valence-corrected chi connectivity index (χ1v) is 11.2. The molecule has 0 fully saturated rings. The number of carbonyl (C=O) groups is 1. The summed E-state index contributed by atoms with van der Waals surface area (Å²) in [6.07, 6.45) is 0.517. The van der Waals surface area contributed by atoms with Crippen molar-refractivity contribution in [2.24, 2.45) is 11.1 Å². The molecule has 1 aliphatic carbocycles. The number of hydrogen-bond donors (Lipinski definition) is 0. The third kappa shape index (κ3) is 4.82. The van der Waals surface area contributed by atoms with Gasteiger partial charge in [0.05, 0.1) is 32.5 Å². The number of methoxy groups -OCH3 is 2. The number of fused-ring (bicyclic) bond motifs is 1. The molecule has 0 heterocycles. The van der Waals surface area contributed by atoms with Crippen LogP contribution < -0.4 is 9.47 Å². The summed E-state index contributed by atoms with van der Waals surface area (Å²) in [5.74, 6) is 0.00592. The summed E-state index contributed by atoms with van der Waals surface area (Å²) in [5.41, 5.74) is 2.55. The van der Waals surface area contributed by atoms with Crippen LogP contribution in [-0.2, 0) is 30.4 Å².